The summed E-state index contributed by atoms with van der Waals surface area (Å²) in [6.45, 7) is 6.66. The minimum Gasteiger partial charge on any atom is -0.494 e. The van der Waals surface area contributed by atoms with Gasteiger partial charge in [0.05, 0.1) is 18.8 Å². The van der Waals surface area contributed by atoms with E-state index in [2.05, 4.69) is 25.1 Å². The number of halogens is 1. The maximum atomic E-state index is 9.59. The first-order valence-corrected chi connectivity index (χ1v) is 10.2. The van der Waals surface area contributed by atoms with Crippen LogP contribution in [0.2, 0.25) is 5.02 Å². The first-order valence-electron chi connectivity index (χ1n) is 8.83. The highest BCUT2D eigenvalue weighted by Crippen LogP contribution is 2.49. The molecule has 0 saturated carbocycles. The van der Waals surface area contributed by atoms with Crippen molar-refractivity contribution < 1.29 is 14.6 Å². The van der Waals surface area contributed by atoms with Gasteiger partial charge in [0, 0.05) is 10.8 Å². The molecule has 2 aromatic rings. The van der Waals surface area contributed by atoms with Crippen LogP contribution in [-0.4, -0.2) is 29.7 Å². The van der Waals surface area contributed by atoms with Crippen LogP contribution in [0, 0.1) is 0 Å². The van der Waals surface area contributed by atoms with Crippen molar-refractivity contribution in [3.8, 4) is 5.75 Å². The third-order valence-corrected chi connectivity index (χ3v) is 6.62. The summed E-state index contributed by atoms with van der Waals surface area (Å²) in [5.41, 5.74) is 2.81. The zero-order chi connectivity index (χ0) is 18.8. The van der Waals surface area contributed by atoms with E-state index in [1.165, 1.54) is 5.56 Å². The maximum absolute atomic E-state index is 9.59. The van der Waals surface area contributed by atoms with Gasteiger partial charge in [-0.15, -0.1) is 11.8 Å². The standard InChI is InChI=1S/C21H25ClO3S/c1-4-24-18-8-5-15(6-9-18)11-16-12-17(7-10-19(16)22)21(3)25-20(2,13-23)14-26-21/h5-10,12,23H,4,11,13-14H2,1-3H3. The van der Waals surface area contributed by atoms with Crippen LogP contribution in [-0.2, 0) is 16.1 Å². The van der Waals surface area contributed by atoms with Gasteiger partial charge in [-0.3, -0.25) is 0 Å². The van der Waals surface area contributed by atoms with Crippen molar-refractivity contribution in [2.75, 3.05) is 19.0 Å². The van der Waals surface area contributed by atoms with Crippen molar-refractivity contribution >= 4 is 23.4 Å². The lowest BCUT2D eigenvalue weighted by atomic mass is 10.00. The third-order valence-electron chi connectivity index (χ3n) is 4.63. The van der Waals surface area contributed by atoms with Gasteiger partial charge in [-0.2, -0.15) is 0 Å². The third kappa shape index (κ3) is 4.20. The molecule has 3 nitrogen and oxygen atoms in total. The fourth-order valence-electron chi connectivity index (χ4n) is 3.12. The van der Waals surface area contributed by atoms with Crippen LogP contribution in [0.25, 0.3) is 0 Å². The average Bonchev–Trinajstić information content (AvgIpc) is 2.96. The minimum atomic E-state index is -0.506. The van der Waals surface area contributed by atoms with Crippen LogP contribution in [0.5, 0.6) is 5.75 Å². The molecule has 3 rings (SSSR count). The molecule has 0 aromatic heterocycles. The summed E-state index contributed by atoms with van der Waals surface area (Å²) in [6, 6.07) is 14.2. The molecule has 1 saturated heterocycles. The van der Waals surface area contributed by atoms with Gasteiger partial charge in [0.1, 0.15) is 10.7 Å². The lowest BCUT2D eigenvalue weighted by Gasteiger charge is -2.28. The van der Waals surface area contributed by atoms with E-state index in [1.54, 1.807) is 11.8 Å². The Kier molecular flexibility index (Phi) is 5.88. The van der Waals surface area contributed by atoms with E-state index >= 15 is 0 Å². The molecule has 0 radical (unpaired) electrons. The van der Waals surface area contributed by atoms with Crippen LogP contribution in [0.15, 0.2) is 42.5 Å². The molecule has 2 unspecified atom stereocenters. The molecular weight excluding hydrogens is 368 g/mol. The van der Waals surface area contributed by atoms with Crippen molar-refractivity contribution in [1.82, 2.24) is 0 Å². The number of hydrogen-bond acceptors (Lipinski definition) is 4. The second kappa shape index (κ2) is 7.81. The Morgan fingerprint density at radius 3 is 2.54 bits per heavy atom. The number of aliphatic hydroxyl groups is 1. The van der Waals surface area contributed by atoms with Crippen LogP contribution < -0.4 is 4.74 Å². The van der Waals surface area contributed by atoms with Crippen LogP contribution in [0.3, 0.4) is 0 Å². The van der Waals surface area contributed by atoms with Gasteiger partial charge < -0.3 is 14.6 Å². The lowest BCUT2D eigenvalue weighted by molar-refractivity contribution is -0.0918. The summed E-state index contributed by atoms with van der Waals surface area (Å²) in [4.78, 5) is -0.477. The molecule has 26 heavy (non-hydrogen) atoms. The normalized spacial score (nSPS) is 25.4. The molecule has 2 atom stereocenters. The summed E-state index contributed by atoms with van der Waals surface area (Å²) in [6.07, 6.45) is 0.747. The highest BCUT2D eigenvalue weighted by molar-refractivity contribution is 8.00. The fraction of sp³-hybridized carbons (Fsp3) is 0.429. The highest BCUT2D eigenvalue weighted by atomic mass is 35.5. The molecule has 0 aliphatic carbocycles. The van der Waals surface area contributed by atoms with Gasteiger partial charge in [0.25, 0.3) is 0 Å². The Balaban J connectivity index is 1.82. The largest absolute Gasteiger partial charge is 0.494 e. The van der Waals surface area contributed by atoms with E-state index in [0.717, 1.165) is 34.1 Å². The number of benzene rings is 2. The van der Waals surface area contributed by atoms with E-state index in [9.17, 15) is 5.11 Å². The Hall–Kier alpha value is -1.20. The Morgan fingerprint density at radius 2 is 1.92 bits per heavy atom. The van der Waals surface area contributed by atoms with Gasteiger partial charge in [0.15, 0.2) is 0 Å². The first kappa shape index (κ1) is 19.6. The Morgan fingerprint density at radius 1 is 1.19 bits per heavy atom. The molecule has 0 bridgehead atoms. The van der Waals surface area contributed by atoms with Crippen molar-refractivity contribution in [3.05, 3.63) is 64.2 Å². The second-order valence-electron chi connectivity index (χ2n) is 7.00. The summed E-state index contributed by atoms with van der Waals surface area (Å²) >= 11 is 8.17. The zero-order valence-electron chi connectivity index (χ0n) is 15.4. The first-order chi connectivity index (χ1) is 12.4. The monoisotopic (exact) mass is 392 g/mol. The molecular formula is C21H25ClO3S. The predicted octanol–water partition coefficient (Wildman–Crippen LogP) is 5.02. The van der Waals surface area contributed by atoms with Crippen molar-refractivity contribution in [2.45, 2.75) is 37.7 Å². The van der Waals surface area contributed by atoms with Crippen molar-refractivity contribution in [3.63, 3.8) is 0 Å². The van der Waals surface area contributed by atoms with Crippen LogP contribution in [0.4, 0.5) is 0 Å². The van der Waals surface area contributed by atoms with E-state index in [1.807, 2.05) is 38.1 Å². The van der Waals surface area contributed by atoms with Crippen LogP contribution in [0.1, 0.15) is 37.5 Å². The quantitative estimate of drug-likeness (QED) is 0.749. The fourth-order valence-corrected chi connectivity index (χ4v) is 4.59. The smallest absolute Gasteiger partial charge is 0.137 e. The van der Waals surface area contributed by atoms with E-state index in [-0.39, 0.29) is 6.61 Å². The van der Waals surface area contributed by atoms with Gasteiger partial charge in [-0.25, -0.2) is 0 Å². The predicted molar refractivity (Wildman–Crippen MR) is 108 cm³/mol. The molecule has 1 heterocycles. The molecule has 1 aliphatic rings. The van der Waals surface area contributed by atoms with E-state index in [4.69, 9.17) is 21.1 Å². The number of thioether (sulfide) groups is 1. The SMILES string of the molecule is CCOc1ccc(Cc2cc(C3(C)OC(C)(CO)CS3)ccc2Cl)cc1. The molecule has 0 amide bonds. The molecule has 1 N–H and O–H groups in total. The number of rotatable bonds is 6. The Labute approximate surface area is 164 Å². The van der Waals surface area contributed by atoms with Crippen molar-refractivity contribution in [2.24, 2.45) is 0 Å². The topological polar surface area (TPSA) is 38.7 Å². The van der Waals surface area contributed by atoms with Gasteiger partial charge in [-0.1, -0.05) is 35.9 Å². The zero-order valence-corrected chi connectivity index (χ0v) is 17.0. The Bertz CT molecular complexity index is 764. The molecule has 0 spiro atoms. The molecule has 140 valence electrons. The number of hydrogen-bond donors (Lipinski definition) is 1. The maximum Gasteiger partial charge on any atom is 0.137 e. The molecule has 1 aliphatic heterocycles. The summed E-state index contributed by atoms with van der Waals surface area (Å²) in [5.74, 6) is 1.64. The van der Waals surface area contributed by atoms with Crippen molar-refractivity contribution in [1.29, 1.82) is 0 Å². The van der Waals surface area contributed by atoms with Gasteiger partial charge >= 0.3 is 0 Å². The summed E-state index contributed by atoms with van der Waals surface area (Å²) in [5, 5.41) is 10.3. The number of aliphatic hydroxyl groups excluding tert-OH is 1. The summed E-state index contributed by atoms with van der Waals surface area (Å²) in [7, 11) is 0. The van der Waals surface area contributed by atoms with Crippen LogP contribution >= 0.6 is 23.4 Å². The van der Waals surface area contributed by atoms with Gasteiger partial charge in [-0.05, 0) is 62.1 Å². The summed E-state index contributed by atoms with van der Waals surface area (Å²) < 4.78 is 11.7. The second-order valence-corrected chi connectivity index (χ2v) is 8.77. The lowest BCUT2D eigenvalue weighted by Crippen LogP contribution is -2.34. The highest BCUT2D eigenvalue weighted by Gasteiger charge is 2.45. The average molecular weight is 393 g/mol. The molecule has 5 heteroatoms. The minimum absolute atomic E-state index is 0.0161. The molecule has 1 fully saturated rings. The van der Waals surface area contributed by atoms with E-state index in [0.29, 0.717) is 6.61 Å². The van der Waals surface area contributed by atoms with E-state index < -0.39 is 10.5 Å². The molecule has 2 aromatic carbocycles. The number of ether oxygens (including phenoxy) is 2. The van der Waals surface area contributed by atoms with Gasteiger partial charge in [0.2, 0.25) is 0 Å².